The third kappa shape index (κ3) is 6.27. The first-order chi connectivity index (χ1) is 6.81. The van der Waals surface area contributed by atoms with E-state index >= 15 is 0 Å². The molecule has 0 radical (unpaired) electrons. The van der Waals surface area contributed by atoms with Gasteiger partial charge in [0.1, 0.15) is 0 Å². The molecular formula is C10H26N2O2Si. The van der Waals surface area contributed by atoms with E-state index < -0.39 is 8.88 Å². The van der Waals surface area contributed by atoms with E-state index in [1.165, 1.54) is 0 Å². The Labute approximate surface area is 95.1 Å². The van der Waals surface area contributed by atoms with Crippen molar-refractivity contribution in [1.82, 2.24) is 9.96 Å². The topological polar surface area (TPSA) is 42.5 Å². The van der Waals surface area contributed by atoms with Crippen LogP contribution in [-0.2, 0) is 8.85 Å². The minimum absolute atomic E-state index is 0.147. The summed E-state index contributed by atoms with van der Waals surface area (Å²) in [7, 11) is -0.765. The fraction of sp³-hybridized carbons (Fsp3) is 1.00. The molecule has 5 heteroatoms. The first-order valence-corrected chi connectivity index (χ1v) is 7.41. The van der Waals surface area contributed by atoms with Gasteiger partial charge >= 0.3 is 8.88 Å². The predicted molar refractivity (Wildman–Crippen MR) is 65.5 cm³/mol. The first-order valence-electron chi connectivity index (χ1n) is 5.59. The summed E-state index contributed by atoms with van der Waals surface area (Å²) >= 11 is 0. The Balaban J connectivity index is 4.59. The van der Waals surface area contributed by atoms with Crippen molar-refractivity contribution >= 4 is 8.88 Å². The van der Waals surface area contributed by atoms with E-state index in [9.17, 15) is 0 Å². The van der Waals surface area contributed by atoms with Gasteiger partial charge in [-0.3, -0.25) is 9.96 Å². The van der Waals surface area contributed by atoms with Gasteiger partial charge in [0, 0.05) is 25.3 Å². The Morgan fingerprint density at radius 2 is 1.27 bits per heavy atom. The lowest BCUT2D eigenvalue weighted by molar-refractivity contribution is 0.127. The summed E-state index contributed by atoms with van der Waals surface area (Å²) in [5, 5.41) is 0. The molecule has 15 heavy (non-hydrogen) atoms. The number of hydrogen-bond donors (Lipinski definition) is 2. The molecule has 0 aliphatic heterocycles. The summed E-state index contributed by atoms with van der Waals surface area (Å²) in [6, 6.07) is 0.670. The van der Waals surface area contributed by atoms with Crippen molar-refractivity contribution in [3.05, 3.63) is 0 Å². The second-order valence-corrected chi connectivity index (χ2v) is 7.04. The summed E-state index contributed by atoms with van der Waals surface area (Å²) in [5.74, 6) is 0. The van der Waals surface area contributed by atoms with E-state index in [0.29, 0.717) is 12.1 Å². The molecular weight excluding hydrogens is 208 g/mol. The normalized spacial score (nSPS) is 13.2. The number of nitrogens with one attached hydrogen (secondary N) is 2. The van der Waals surface area contributed by atoms with Gasteiger partial charge in [-0.2, -0.15) is 0 Å². The summed E-state index contributed by atoms with van der Waals surface area (Å²) in [5.41, 5.74) is 0. The van der Waals surface area contributed by atoms with E-state index in [0.717, 1.165) is 0 Å². The van der Waals surface area contributed by atoms with Crippen molar-refractivity contribution in [1.29, 1.82) is 0 Å². The van der Waals surface area contributed by atoms with Gasteiger partial charge in [-0.05, 0) is 13.8 Å². The summed E-state index contributed by atoms with van der Waals surface area (Å²) in [6.07, 6.45) is 0.147. The molecule has 0 unspecified atom stereocenters. The van der Waals surface area contributed by atoms with Crippen LogP contribution in [-0.4, -0.2) is 34.2 Å². The standard InChI is InChI=1S/C10H26N2O2Si/c1-8(2)11-15(13-7,12-9(3)4)14-10(5)6/h8-12H,1-7H3. The smallest absolute Gasteiger partial charge is 0.374 e. The zero-order valence-corrected chi connectivity index (χ0v) is 12.0. The largest absolute Gasteiger partial charge is 0.517 e. The Kier molecular flexibility index (Phi) is 6.62. The van der Waals surface area contributed by atoms with Crippen LogP contribution in [0.4, 0.5) is 0 Å². The molecule has 0 aliphatic rings. The van der Waals surface area contributed by atoms with Gasteiger partial charge in [-0.1, -0.05) is 27.7 Å². The molecule has 0 aromatic heterocycles. The average molecular weight is 234 g/mol. The molecule has 0 rings (SSSR count). The molecule has 0 fully saturated rings. The van der Waals surface area contributed by atoms with Crippen molar-refractivity contribution in [3.63, 3.8) is 0 Å². The maximum absolute atomic E-state index is 5.90. The molecule has 92 valence electrons. The van der Waals surface area contributed by atoms with Crippen LogP contribution in [0.1, 0.15) is 41.5 Å². The van der Waals surface area contributed by atoms with Crippen molar-refractivity contribution in [2.45, 2.75) is 59.7 Å². The van der Waals surface area contributed by atoms with E-state index in [-0.39, 0.29) is 6.10 Å². The maximum Gasteiger partial charge on any atom is 0.517 e. The van der Waals surface area contributed by atoms with Gasteiger partial charge in [0.25, 0.3) is 0 Å². The Morgan fingerprint density at radius 1 is 0.867 bits per heavy atom. The van der Waals surface area contributed by atoms with Gasteiger partial charge < -0.3 is 8.85 Å². The molecule has 0 saturated heterocycles. The molecule has 0 heterocycles. The van der Waals surface area contributed by atoms with Crippen LogP contribution < -0.4 is 9.96 Å². The Bertz CT molecular complexity index is 148. The van der Waals surface area contributed by atoms with E-state index in [1.54, 1.807) is 7.11 Å². The summed E-state index contributed by atoms with van der Waals surface area (Å²) in [6.45, 7) is 12.4. The van der Waals surface area contributed by atoms with E-state index in [2.05, 4.69) is 37.7 Å². The number of hydrogen-bond acceptors (Lipinski definition) is 4. The highest BCUT2D eigenvalue weighted by Gasteiger charge is 2.40. The molecule has 0 aromatic carbocycles. The molecule has 0 spiro atoms. The zero-order valence-electron chi connectivity index (χ0n) is 11.0. The lowest BCUT2D eigenvalue weighted by Gasteiger charge is -2.34. The van der Waals surface area contributed by atoms with Crippen molar-refractivity contribution in [2.75, 3.05) is 7.11 Å². The quantitative estimate of drug-likeness (QED) is 0.655. The van der Waals surface area contributed by atoms with Gasteiger partial charge in [0.05, 0.1) is 0 Å². The monoisotopic (exact) mass is 234 g/mol. The lowest BCUT2D eigenvalue weighted by atomic mass is 10.4. The molecule has 0 bridgehead atoms. The fourth-order valence-electron chi connectivity index (χ4n) is 1.37. The van der Waals surface area contributed by atoms with Crippen molar-refractivity contribution in [3.8, 4) is 0 Å². The van der Waals surface area contributed by atoms with Gasteiger partial charge in [0.15, 0.2) is 0 Å². The van der Waals surface area contributed by atoms with Crippen LogP contribution in [0, 0.1) is 0 Å². The van der Waals surface area contributed by atoms with Crippen molar-refractivity contribution in [2.24, 2.45) is 0 Å². The maximum atomic E-state index is 5.90. The average Bonchev–Trinajstić information content (AvgIpc) is 1.99. The second kappa shape index (κ2) is 6.60. The van der Waals surface area contributed by atoms with Gasteiger partial charge in [-0.15, -0.1) is 0 Å². The zero-order chi connectivity index (χ0) is 12.1. The minimum atomic E-state index is -2.46. The van der Waals surface area contributed by atoms with Crippen LogP contribution >= 0.6 is 0 Å². The number of rotatable bonds is 7. The molecule has 2 N–H and O–H groups in total. The SMILES string of the molecule is CO[Si](NC(C)C)(NC(C)C)OC(C)C. The lowest BCUT2D eigenvalue weighted by Crippen LogP contribution is -2.70. The molecule has 0 amide bonds. The third-order valence-corrected chi connectivity index (χ3v) is 4.94. The van der Waals surface area contributed by atoms with Gasteiger partial charge in [-0.25, -0.2) is 0 Å². The Morgan fingerprint density at radius 3 is 1.47 bits per heavy atom. The third-order valence-electron chi connectivity index (χ3n) is 1.65. The van der Waals surface area contributed by atoms with Crippen LogP contribution in [0.15, 0.2) is 0 Å². The first kappa shape index (κ1) is 15.1. The van der Waals surface area contributed by atoms with Crippen LogP contribution in [0.3, 0.4) is 0 Å². The second-order valence-electron chi connectivity index (χ2n) is 4.59. The Hall–Kier alpha value is 0.0569. The van der Waals surface area contributed by atoms with Crippen LogP contribution in [0.5, 0.6) is 0 Å². The highest BCUT2D eigenvalue weighted by atomic mass is 28.4. The molecule has 0 atom stereocenters. The summed E-state index contributed by atoms with van der Waals surface area (Å²) in [4.78, 5) is 6.78. The minimum Gasteiger partial charge on any atom is -0.374 e. The molecule has 4 nitrogen and oxygen atoms in total. The van der Waals surface area contributed by atoms with E-state index in [4.69, 9.17) is 8.85 Å². The molecule has 0 saturated carbocycles. The van der Waals surface area contributed by atoms with Crippen molar-refractivity contribution < 1.29 is 8.85 Å². The van der Waals surface area contributed by atoms with E-state index in [1.807, 2.05) is 13.8 Å². The molecule has 0 aliphatic carbocycles. The highest BCUT2D eigenvalue weighted by Crippen LogP contribution is 2.05. The predicted octanol–water partition coefficient (Wildman–Crippen LogP) is 1.49. The highest BCUT2D eigenvalue weighted by molar-refractivity contribution is 6.62. The summed E-state index contributed by atoms with van der Waals surface area (Å²) < 4.78 is 11.5. The van der Waals surface area contributed by atoms with Crippen LogP contribution in [0.2, 0.25) is 0 Å². The van der Waals surface area contributed by atoms with Gasteiger partial charge in [0.2, 0.25) is 0 Å². The fourth-order valence-corrected chi connectivity index (χ4v) is 4.10. The molecule has 0 aromatic rings. The van der Waals surface area contributed by atoms with Crippen LogP contribution in [0.25, 0.3) is 0 Å².